The van der Waals surface area contributed by atoms with E-state index < -0.39 is 6.04 Å². The summed E-state index contributed by atoms with van der Waals surface area (Å²) >= 11 is 1.79. The van der Waals surface area contributed by atoms with Gasteiger partial charge >= 0.3 is 0 Å². The van der Waals surface area contributed by atoms with Crippen LogP contribution in [0.4, 0.5) is 0 Å². The van der Waals surface area contributed by atoms with Crippen molar-refractivity contribution in [1.29, 1.82) is 0 Å². The second kappa shape index (κ2) is 9.37. The molecule has 1 atom stereocenters. The first-order valence-corrected chi connectivity index (χ1v) is 12.2. The van der Waals surface area contributed by atoms with E-state index in [1.54, 1.807) is 11.3 Å². The van der Waals surface area contributed by atoms with Crippen molar-refractivity contribution in [1.82, 2.24) is 20.1 Å². The maximum absolute atomic E-state index is 13.4. The first-order valence-electron chi connectivity index (χ1n) is 11.4. The van der Waals surface area contributed by atoms with Crippen LogP contribution in [0.1, 0.15) is 18.1 Å². The fourth-order valence-electron chi connectivity index (χ4n) is 4.71. The van der Waals surface area contributed by atoms with Crippen LogP contribution >= 0.6 is 11.3 Å². The summed E-state index contributed by atoms with van der Waals surface area (Å²) in [5.41, 5.74) is 3.43. The molecule has 1 saturated heterocycles. The predicted octanol–water partition coefficient (Wildman–Crippen LogP) is 3.77. The predicted molar refractivity (Wildman–Crippen MR) is 133 cm³/mol. The lowest BCUT2D eigenvalue weighted by atomic mass is 10.0. The average molecular weight is 461 g/mol. The summed E-state index contributed by atoms with van der Waals surface area (Å²) in [6.45, 7) is 5.37. The molecule has 33 heavy (non-hydrogen) atoms. The number of benzene rings is 2. The standard InChI is InChI=1S/C26H28N4O2S/c1-18(31)28-24(14-19-15-27-23-8-4-2-6-21(19)23)26(32)30-12-10-29(11-13-30)16-20-17-33-25-9-5-3-7-22(20)25/h2-9,15,17,24,27H,10-14,16H2,1H3,(H,28,31). The normalized spacial score (nSPS) is 15.7. The number of aromatic nitrogens is 1. The molecule has 0 radical (unpaired) electrons. The number of nitrogens with zero attached hydrogens (tertiary/aromatic N) is 2. The van der Waals surface area contributed by atoms with E-state index in [4.69, 9.17) is 0 Å². The number of carbonyl (C=O) groups excluding carboxylic acids is 2. The van der Waals surface area contributed by atoms with Crippen molar-refractivity contribution < 1.29 is 9.59 Å². The monoisotopic (exact) mass is 460 g/mol. The van der Waals surface area contributed by atoms with Crippen LogP contribution in [0, 0.1) is 0 Å². The number of aromatic amines is 1. The minimum atomic E-state index is -0.561. The molecule has 2 N–H and O–H groups in total. The Balaban J connectivity index is 1.24. The molecule has 2 aromatic carbocycles. The highest BCUT2D eigenvalue weighted by Crippen LogP contribution is 2.27. The van der Waals surface area contributed by atoms with Crippen LogP contribution in [0.3, 0.4) is 0 Å². The zero-order valence-electron chi connectivity index (χ0n) is 18.7. The first kappa shape index (κ1) is 21.7. The molecule has 2 aromatic heterocycles. The highest BCUT2D eigenvalue weighted by molar-refractivity contribution is 7.17. The van der Waals surface area contributed by atoms with Crippen molar-refractivity contribution >= 4 is 44.1 Å². The Kier molecular flexibility index (Phi) is 6.15. The molecule has 1 aliphatic rings. The summed E-state index contributed by atoms with van der Waals surface area (Å²) in [7, 11) is 0. The zero-order valence-corrected chi connectivity index (χ0v) is 19.5. The number of carbonyl (C=O) groups is 2. The van der Waals surface area contributed by atoms with Gasteiger partial charge in [-0.25, -0.2) is 0 Å². The molecule has 5 rings (SSSR count). The van der Waals surface area contributed by atoms with E-state index in [2.05, 4.69) is 44.8 Å². The molecule has 170 valence electrons. The minimum absolute atomic E-state index is 0.00360. The Hall–Kier alpha value is -3.16. The highest BCUT2D eigenvalue weighted by Gasteiger charge is 2.29. The van der Waals surface area contributed by atoms with E-state index in [1.165, 1.54) is 22.6 Å². The van der Waals surface area contributed by atoms with E-state index in [0.29, 0.717) is 19.5 Å². The van der Waals surface area contributed by atoms with Gasteiger partial charge in [-0.2, -0.15) is 0 Å². The van der Waals surface area contributed by atoms with Gasteiger partial charge in [-0.1, -0.05) is 36.4 Å². The Bertz CT molecular complexity index is 1290. The van der Waals surface area contributed by atoms with Gasteiger partial charge in [-0.05, 0) is 34.0 Å². The average Bonchev–Trinajstić information content (AvgIpc) is 3.43. The Labute approximate surface area is 197 Å². The number of para-hydroxylation sites is 1. The van der Waals surface area contributed by atoms with Gasteiger partial charge in [-0.15, -0.1) is 11.3 Å². The number of amides is 2. The SMILES string of the molecule is CC(=O)NC(Cc1c[nH]c2ccccc12)C(=O)N1CCN(Cc2csc3ccccc23)CC1. The van der Waals surface area contributed by atoms with Crippen molar-refractivity contribution in [3.63, 3.8) is 0 Å². The van der Waals surface area contributed by atoms with E-state index in [0.717, 1.165) is 36.1 Å². The van der Waals surface area contributed by atoms with Crippen molar-refractivity contribution in [3.8, 4) is 0 Å². The fourth-order valence-corrected chi connectivity index (χ4v) is 5.66. The summed E-state index contributed by atoms with van der Waals surface area (Å²) in [5, 5.41) is 7.55. The molecular formula is C26H28N4O2S. The zero-order chi connectivity index (χ0) is 22.8. The number of nitrogens with one attached hydrogen (secondary N) is 2. The minimum Gasteiger partial charge on any atom is -0.361 e. The summed E-state index contributed by atoms with van der Waals surface area (Å²) in [6.07, 6.45) is 2.42. The summed E-state index contributed by atoms with van der Waals surface area (Å²) in [5.74, 6) is -0.188. The smallest absolute Gasteiger partial charge is 0.245 e. The number of rotatable bonds is 6. The first-order chi connectivity index (χ1) is 16.1. The number of fused-ring (bicyclic) bond motifs is 2. The van der Waals surface area contributed by atoms with E-state index in [-0.39, 0.29) is 11.8 Å². The van der Waals surface area contributed by atoms with Gasteiger partial charge in [0.25, 0.3) is 0 Å². The molecule has 2 amide bonds. The van der Waals surface area contributed by atoms with Crippen LogP contribution in [-0.4, -0.2) is 58.8 Å². The lowest BCUT2D eigenvalue weighted by Gasteiger charge is -2.36. The van der Waals surface area contributed by atoms with Crippen LogP contribution in [0.25, 0.3) is 21.0 Å². The molecule has 0 spiro atoms. The third-order valence-electron chi connectivity index (χ3n) is 6.41. The van der Waals surface area contributed by atoms with Gasteiger partial charge in [0.15, 0.2) is 0 Å². The van der Waals surface area contributed by atoms with Crippen molar-refractivity contribution in [3.05, 3.63) is 71.2 Å². The summed E-state index contributed by atoms with van der Waals surface area (Å²) in [4.78, 5) is 32.8. The Morgan fingerprint density at radius 2 is 1.73 bits per heavy atom. The van der Waals surface area contributed by atoms with Gasteiger partial charge < -0.3 is 15.2 Å². The number of thiophene rings is 1. The summed E-state index contributed by atoms with van der Waals surface area (Å²) in [6, 6.07) is 16.0. The lowest BCUT2D eigenvalue weighted by Crippen LogP contribution is -2.55. The molecule has 3 heterocycles. The molecule has 1 fully saturated rings. The maximum Gasteiger partial charge on any atom is 0.245 e. The van der Waals surface area contributed by atoms with Crippen LogP contribution in [0.15, 0.2) is 60.1 Å². The van der Waals surface area contributed by atoms with E-state index >= 15 is 0 Å². The molecule has 6 nitrogen and oxygen atoms in total. The fraction of sp³-hybridized carbons (Fsp3) is 0.308. The van der Waals surface area contributed by atoms with Gasteiger partial charge in [-0.3, -0.25) is 14.5 Å². The Morgan fingerprint density at radius 1 is 1.00 bits per heavy atom. The van der Waals surface area contributed by atoms with Crippen LogP contribution < -0.4 is 5.32 Å². The van der Waals surface area contributed by atoms with Crippen LogP contribution in [0.5, 0.6) is 0 Å². The van der Waals surface area contributed by atoms with Crippen molar-refractivity contribution in [2.45, 2.75) is 25.9 Å². The van der Waals surface area contributed by atoms with Crippen LogP contribution in [0.2, 0.25) is 0 Å². The molecule has 0 aliphatic carbocycles. The van der Waals surface area contributed by atoms with Gasteiger partial charge in [0.05, 0.1) is 0 Å². The van der Waals surface area contributed by atoms with Crippen molar-refractivity contribution in [2.24, 2.45) is 0 Å². The second-order valence-corrected chi connectivity index (χ2v) is 9.59. The van der Waals surface area contributed by atoms with Gasteiger partial charge in [0, 0.05) is 67.9 Å². The molecular weight excluding hydrogens is 432 g/mol. The molecule has 7 heteroatoms. The van der Waals surface area contributed by atoms with Crippen LogP contribution in [-0.2, 0) is 22.6 Å². The second-order valence-electron chi connectivity index (χ2n) is 8.68. The quantitative estimate of drug-likeness (QED) is 0.460. The number of hydrogen-bond acceptors (Lipinski definition) is 4. The lowest BCUT2D eigenvalue weighted by molar-refractivity contribution is -0.137. The topological polar surface area (TPSA) is 68.4 Å². The Morgan fingerprint density at radius 3 is 2.52 bits per heavy atom. The van der Waals surface area contributed by atoms with Gasteiger partial charge in [0.2, 0.25) is 11.8 Å². The molecule has 1 unspecified atom stereocenters. The third-order valence-corrected chi connectivity index (χ3v) is 7.43. The largest absolute Gasteiger partial charge is 0.361 e. The third kappa shape index (κ3) is 4.65. The number of hydrogen-bond donors (Lipinski definition) is 2. The molecule has 1 aliphatic heterocycles. The van der Waals surface area contributed by atoms with E-state index in [9.17, 15) is 9.59 Å². The highest BCUT2D eigenvalue weighted by atomic mass is 32.1. The van der Waals surface area contributed by atoms with Gasteiger partial charge in [0.1, 0.15) is 6.04 Å². The molecule has 4 aromatic rings. The maximum atomic E-state index is 13.4. The molecule has 0 bridgehead atoms. The summed E-state index contributed by atoms with van der Waals surface area (Å²) < 4.78 is 1.32. The van der Waals surface area contributed by atoms with E-state index in [1.807, 2.05) is 35.4 Å². The molecule has 0 saturated carbocycles. The number of piperazine rings is 1. The number of H-pyrrole nitrogens is 1. The van der Waals surface area contributed by atoms with Crippen molar-refractivity contribution in [2.75, 3.05) is 26.2 Å².